The van der Waals surface area contributed by atoms with Crippen molar-refractivity contribution >= 4 is 26.9 Å². The zero-order chi connectivity index (χ0) is 24.6. The second-order valence-corrected chi connectivity index (χ2v) is 10.7. The first kappa shape index (κ1) is 23.4. The Morgan fingerprint density at radius 2 is 1.83 bits per heavy atom. The maximum Gasteiger partial charge on any atom is 0.337 e. The minimum atomic E-state index is -4.01. The molecule has 2 heterocycles. The number of hydrogen-bond acceptors (Lipinski definition) is 7. The van der Waals surface area contributed by atoms with Gasteiger partial charge in [-0.3, -0.25) is 4.79 Å². The third kappa shape index (κ3) is 4.51. The molecule has 1 aliphatic heterocycles. The number of carbonyl (C=O) groups excluding carboxylic acids is 1. The summed E-state index contributed by atoms with van der Waals surface area (Å²) in [4.78, 5) is 27.8. The molecular weight excluding hydrogens is 472 g/mol. The molecule has 1 aromatic heterocycles. The van der Waals surface area contributed by atoms with Crippen LogP contribution in [0.25, 0.3) is 10.9 Å². The lowest BCUT2D eigenvalue weighted by atomic mass is 9.95. The molecule has 2 aliphatic rings. The largest absolute Gasteiger partial charge is 0.465 e. The fraction of sp³-hybridized carbons (Fsp3) is 0.360. The van der Waals surface area contributed by atoms with Crippen LogP contribution >= 0.6 is 0 Å². The first-order chi connectivity index (χ1) is 16.9. The molecule has 0 spiro atoms. The number of H-pyrrole nitrogens is 1. The van der Waals surface area contributed by atoms with Crippen LogP contribution < -0.4 is 15.0 Å². The van der Waals surface area contributed by atoms with Crippen LogP contribution in [0.2, 0.25) is 0 Å². The molecule has 1 aliphatic carbocycles. The van der Waals surface area contributed by atoms with Crippen molar-refractivity contribution in [3.05, 3.63) is 63.9 Å². The van der Waals surface area contributed by atoms with Crippen molar-refractivity contribution in [3.8, 4) is 11.5 Å². The molecule has 184 valence electrons. The normalized spacial score (nSPS) is 16.1. The number of aromatic nitrogens is 1. The van der Waals surface area contributed by atoms with Crippen LogP contribution in [0.1, 0.15) is 48.0 Å². The number of methoxy groups -OCH3 is 1. The summed E-state index contributed by atoms with van der Waals surface area (Å²) in [5.41, 5.74) is 0.697. The number of fused-ring (bicyclic) bond motifs is 2. The molecule has 0 bridgehead atoms. The van der Waals surface area contributed by atoms with Crippen molar-refractivity contribution in [3.63, 3.8) is 0 Å². The van der Waals surface area contributed by atoms with Gasteiger partial charge in [0.1, 0.15) is 0 Å². The van der Waals surface area contributed by atoms with Gasteiger partial charge in [0.25, 0.3) is 5.56 Å². The molecule has 3 aromatic rings. The average Bonchev–Trinajstić information content (AvgIpc) is 3.33. The Hall–Kier alpha value is -3.37. The second kappa shape index (κ2) is 9.35. The highest BCUT2D eigenvalue weighted by Gasteiger charge is 2.33. The monoisotopic (exact) mass is 498 g/mol. The van der Waals surface area contributed by atoms with Gasteiger partial charge in [0.15, 0.2) is 11.5 Å². The number of nitrogens with one attached hydrogen (secondary N) is 1. The topological polar surface area (TPSA) is 115 Å². The first-order valence-corrected chi connectivity index (χ1v) is 13.0. The third-order valence-corrected chi connectivity index (χ3v) is 8.48. The summed E-state index contributed by atoms with van der Waals surface area (Å²) in [7, 11) is -2.77. The van der Waals surface area contributed by atoms with Crippen LogP contribution in [0.3, 0.4) is 0 Å². The predicted octanol–water partition coefficient (Wildman–Crippen LogP) is 3.57. The summed E-state index contributed by atoms with van der Waals surface area (Å²) in [5.74, 6) is 0.514. The number of sulfonamides is 1. The van der Waals surface area contributed by atoms with Gasteiger partial charge in [0.2, 0.25) is 16.8 Å². The Labute approximate surface area is 202 Å². The Balaban J connectivity index is 1.56. The molecule has 0 atom stereocenters. The van der Waals surface area contributed by atoms with Crippen LogP contribution in [-0.2, 0) is 21.3 Å². The van der Waals surface area contributed by atoms with E-state index in [9.17, 15) is 18.0 Å². The number of rotatable bonds is 6. The summed E-state index contributed by atoms with van der Waals surface area (Å²) in [6.45, 7) is 0.0241. The fourth-order valence-electron chi connectivity index (χ4n) is 4.74. The van der Waals surface area contributed by atoms with Gasteiger partial charge in [-0.1, -0.05) is 25.3 Å². The van der Waals surface area contributed by atoms with Crippen LogP contribution in [0, 0.1) is 0 Å². The van der Waals surface area contributed by atoms with Crippen LogP contribution in [-0.4, -0.2) is 43.6 Å². The minimum Gasteiger partial charge on any atom is -0.465 e. The number of esters is 1. The molecule has 0 unspecified atom stereocenters. The number of nitrogens with zero attached hydrogens (tertiary/aromatic N) is 1. The second-order valence-electron chi connectivity index (χ2n) is 8.78. The minimum absolute atomic E-state index is 0.00782. The van der Waals surface area contributed by atoms with Gasteiger partial charge < -0.3 is 19.2 Å². The van der Waals surface area contributed by atoms with E-state index in [1.54, 1.807) is 18.2 Å². The van der Waals surface area contributed by atoms with E-state index < -0.39 is 16.0 Å². The van der Waals surface area contributed by atoms with Crippen LogP contribution in [0.15, 0.2) is 52.2 Å². The highest BCUT2D eigenvalue weighted by Crippen LogP contribution is 2.36. The maximum absolute atomic E-state index is 13.9. The van der Waals surface area contributed by atoms with E-state index in [2.05, 4.69) is 4.98 Å². The molecule has 0 saturated heterocycles. The fourth-order valence-corrected chi connectivity index (χ4v) is 6.45. The predicted molar refractivity (Wildman–Crippen MR) is 128 cm³/mol. The van der Waals surface area contributed by atoms with E-state index in [4.69, 9.17) is 14.2 Å². The molecule has 1 fully saturated rings. The van der Waals surface area contributed by atoms with Gasteiger partial charge >= 0.3 is 5.97 Å². The van der Waals surface area contributed by atoms with Gasteiger partial charge in [-0.2, -0.15) is 4.31 Å². The summed E-state index contributed by atoms with van der Waals surface area (Å²) < 4.78 is 44.7. The first-order valence-electron chi connectivity index (χ1n) is 11.5. The lowest BCUT2D eigenvalue weighted by Crippen LogP contribution is -2.42. The lowest BCUT2D eigenvalue weighted by Gasteiger charge is -2.33. The maximum atomic E-state index is 13.9. The number of pyridine rings is 1. The van der Waals surface area contributed by atoms with E-state index in [0.29, 0.717) is 35.4 Å². The summed E-state index contributed by atoms with van der Waals surface area (Å²) in [6, 6.07) is 10.7. The smallest absolute Gasteiger partial charge is 0.337 e. The number of ether oxygens (including phenoxy) is 3. The van der Waals surface area contributed by atoms with Gasteiger partial charge in [-0.05, 0) is 43.2 Å². The van der Waals surface area contributed by atoms with Crippen molar-refractivity contribution < 1.29 is 27.4 Å². The SMILES string of the molecule is COC(=O)c1cccc(S(=O)(=O)N(Cc2cc3cc4c(cc3[nH]c2=O)OCO4)C2CCCCC2)c1. The highest BCUT2D eigenvalue weighted by molar-refractivity contribution is 7.89. The van der Waals surface area contributed by atoms with Crippen molar-refractivity contribution in [1.29, 1.82) is 0 Å². The van der Waals surface area contributed by atoms with Crippen molar-refractivity contribution in [1.82, 2.24) is 9.29 Å². The molecule has 1 N–H and O–H groups in total. The Morgan fingerprint density at radius 3 is 2.57 bits per heavy atom. The number of benzene rings is 2. The number of hydrogen-bond donors (Lipinski definition) is 1. The van der Waals surface area contributed by atoms with E-state index >= 15 is 0 Å². The van der Waals surface area contributed by atoms with E-state index in [1.807, 2.05) is 0 Å². The standard InChI is InChI=1S/C25H26N2O7S/c1-32-25(29)16-6-5-9-20(11-16)35(30,31)27(19-7-3-2-4-8-19)14-18-10-17-12-22-23(34-15-33-22)13-21(17)26-24(18)28/h5-6,9-13,19H,2-4,7-8,14-15H2,1H3,(H,26,28). The van der Waals surface area contributed by atoms with Crippen LogP contribution in [0.5, 0.6) is 11.5 Å². The van der Waals surface area contributed by atoms with Crippen molar-refractivity contribution in [2.45, 2.75) is 49.6 Å². The quantitative estimate of drug-likeness (QED) is 0.517. The molecule has 35 heavy (non-hydrogen) atoms. The highest BCUT2D eigenvalue weighted by atomic mass is 32.2. The molecule has 2 aromatic carbocycles. The van der Waals surface area contributed by atoms with Gasteiger partial charge in [-0.15, -0.1) is 0 Å². The van der Waals surface area contributed by atoms with E-state index in [0.717, 1.165) is 24.6 Å². The number of carbonyl (C=O) groups is 1. The molecule has 5 rings (SSSR count). The van der Waals surface area contributed by atoms with E-state index in [-0.39, 0.29) is 35.4 Å². The third-order valence-electron chi connectivity index (χ3n) is 6.58. The molecule has 0 amide bonds. The summed E-state index contributed by atoms with van der Waals surface area (Å²) in [5, 5.41) is 0.720. The van der Waals surface area contributed by atoms with Gasteiger partial charge in [0, 0.05) is 29.6 Å². The Kier molecular flexibility index (Phi) is 6.24. The zero-order valence-electron chi connectivity index (χ0n) is 19.3. The lowest BCUT2D eigenvalue weighted by molar-refractivity contribution is 0.0600. The Bertz CT molecular complexity index is 1440. The van der Waals surface area contributed by atoms with Crippen molar-refractivity contribution in [2.24, 2.45) is 0 Å². The van der Waals surface area contributed by atoms with Gasteiger partial charge in [0.05, 0.1) is 23.1 Å². The molecule has 0 radical (unpaired) electrons. The molecule has 1 saturated carbocycles. The Morgan fingerprint density at radius 1 is 1.09 bits per heavy atom. The molecular formula is C25H26N2O7S. The molecule has 9 nitrogen and oxygen atoms in total. The zero-order valence-corrected chi connectivity index (χ0v) is 20.1. The number of aromatic amines is 1. The van der Waals surface area contributed by atoms with E-state index in [1.165, 1.54) is 35.7 Å². The summed E-state index contributed by atoms with van der Waals surface area (Å²) >= 11 is 0. The van der Waals surface area contributed by atoms with Crippen LogP contribution in [0.4, 0.5) is 0 Å². The van der Waals surface area contributed by atoms with Gasteiger partial charge in [-0.25, -0.2) is 13.2 Å². The summed E-state index contributed by atoms with van der Waals surface area (Å²) in [6.07, 6.45) is 4.29. The average molecular weight is 499 g/mol. The van der Waals surface area contributed by atoms with Crippen molar-refractivity contribution in [2.75, 3.05) is 13.9 Å². The molecule has 10 heteroatoms.